The Kier molecular flexibility index (Phi) is 5.06. The van der Waals surface area contributed by atoms with Gasteiger partial charge in [0, 0.05) is 16.6 Å². The molecular formula is C13H19BrN2O3S. The van der Waals surface area contributed by atoms with Crippen molar-refractivity contribution in [3.63, 3.8) is 0 Å². The van der Waals surface area contributed by atoms with Gasteiger partial charge in [0.25, 0.3) is 0 Å². The van der Waals surface area contributed by atoms with Gasteiger partial charge in [0.05, 0.1) is 12.0 Å². The summed E-state index contributed by atoms with van der Waals surface area (Å²) in [6.45, 7) is 0.506. The molecule has 0 heterocycles. The van der Waals surface area contributed by atoms with Gasteiger partial charge >= 0.3 is 0 Å². The quantitative estimate of drug-likeness (QED) is 0.837. The van der Waals surface area contributed by atoms with E-state index in [0.717, 1.165) is 19.3 Å². The summed E-state index contributed by atoms with van der Waals surface area (Å²) in [4.78, 5) is 0.194. The number of hydrogen-bond acceptors (Lipinski definition) is 4. The topological polar surface area (TPSA) is 81.4 Å². The normalized spacial score (nSPS) is 22.9. The molecule has 1 fully saturated rings. The molecule has 0 aliphatic heterocycles. The first-order chi connectivity index (χ1) is 9.47. The van der Waals surface area contributed by atoms with Gasteiger partial charge in [0.1, 0.15) is 5.75 Å². The second-order valence-corrected chi connectivity index (χ2v) is 7.49. The SMILES string of the molecule is COc1ccc(Br)c(S(=O)(=O)N[C@H]2CCC[C@@H]2CN)c1. The molecule has 1 aromatic rings. The molecule has 1 aliphatic rings. The first-order valence-corrected chi connectivity index (χ1v) is 8.81. The lowest BCUT2D eigenvalue weighted by molar-refractivity contribution is 0.413. The Morgan fingerprint density at radius 1 is 1.45 bits per heavy atom. The van der Waals surface area contributed by atoms with Crippen LogP contribution in [0.15, 0.2) is 27.6 Å². The maximum Gasteiger partial charge on any atom is 0.242 e. The van der Waals surface area contributed by atoms with Gasteiger partial charge in [0.15, 0.2) is 0 Å². The van der Waals surface area contributed by atoms with Crippen molar-refractivity contribution < 1.29 is 13.2 Å². The molecule has 2 atom stereocenters. The smallest absolute Gasteiger partial charge is 0.242 e. The third-order valence-electron chi connectivity index (χ3n) is 3.70. The molecule has 0 bridgehead atoms. The molecule has 3 N–H and O–H groups in total. The lowest BCUT2D eigenvalue weighted by atomic mass is 10.1. The molecule has 0 amide bonds. The van der Waals surface area contributed by atoms with Crippen LogP contribution in [0.3, 0.4) is 0 Å². The minimum Gasteiger partial charge on any atom is -0.497 e. The van der Waals surface area contributed by atoms with Gasteiger partial charge in [-0.1, -0.05) is 6.42 Å². The summed E-state index contributed by atoms with van der Waals surface area (Å²) in [6, 6.07) is 4.81. The van der Waals surface area contributed by atoms with Crippen molar-refractivity contribution in [3.05, 3.63) is 22.7 Å². The van der Waals surface area contributed by atoms with Crippen LogP contribution in [-0.4, -0.2) is 28.1 Å². The molecule has 2 rings (SSSR count). The van der Waals surface area contributed by atoms with Gasteiger partial charge in [0.2, 0.25) is 10.0 Å². The fourth-order valence-corrected chi connectivity index (χ4v) is 4.87. The second kappa shape index (κ2) is 6.43. The zero-order valence-electron chi connectivity index (χ0n) is 11.3. The van der Waals surface area contributed by atoms with Crippen molar-refractivity contribution >= 4 is 26.0 Å². The minimum atomic E-state index is -3.58. The second-order valence-electron chi connectivity index (χ2n) is 4.95. The van der Waals surface area contributed by atoms with E-state index in [1.165, 1.54) is 13.2 Å². The minimum absolute atomic E-state index is 0.0805. The Labute approximate surface area is 128 Å². The average molecular weight is 363 g/mol. The van der Waals surface area contributed by atoms with Crippen molar-refractivity contribution in [3.8, 4) is 5.75 Å². The molecule has 0 radical (unpaired) electrons. The molecule has 5 nitrogen and oxygen atoms in total. The number of methoxy groups -OCH3 is 1. The van der Waals surface area contributed by atoms with Crippen LogP contribution >= 0.6 is 15.9 Å². The summed E-state index contributed by atoms with van der Waals surface area (Å²) in [5.41, 5.74) is 5.69. The lowest BCUT2D eigenvalue weighted by Crippen LogP contribution is -2.39. The molecule has 1 aromatic carbocycles. The largest absolute Gasteiger partial charge is 0.497 e. The first-order valence-electron chi connectivity index (χ1n) is 6.54. The highest BCUT2D eigenvalue weighted by Gasteiger charge is 2.31. The zero-order chi connectivity index (χ0) is 14.8. The molecule has 7 heteroatoms. The van der Waals surface area contributed by atoms with E-state index in [1.807, 2.05) is 0 Å². The first kappa shape index (κ1) is 15.8. The van der Waals surface area contributed by atoms with E-state index in [9.17, 15) is 8.42 Å². The van der Waals surface area contributed by atoms with Crippen LogP contribution in [0.25, 0.3) is 0 Å². The number of ether oxygens (including phenoxy) is 1. The van der Waals surface area contributed by atoms with Crippen molar-refractivity contribution in [2.75, 3.05) is 13.7 Å². The van der Waals surface area contributed by atoms with E-state index in [2.05, 4.69) is 20.7 Å². The monoisotopic (exact) mass is 362 g/mol. The number of hydrogen-bond donors (Lipinski definition) is 2. The molecule has 1 saturated carbocycles. The molecule has 112 valence electrons. The fraction of sp³-hybridized carbons (Fsp3) is 0.538. The van der Waals surface area contributed by atoms with E-state index in [4.69, 9.17) is 10.5 Å². The Morgan fingerprint density at radius 2 is 2.20 bits per heavy atom. The Balaban J connectivity index is 2.26. The number of nitrogens with two attached hydrogens (primary N) is 1. The van der Waals surface area contributed by atoms with Gasteiger partial charge in [-0.25, -0.2) is 13.1 Å². The van der Waals surface area contributed by atoms with Crippen LogP contribution in [0.4, 0.5) is 0 Å². The van der Waals surface area contributed by atoms with Crippen LogP contribution < -0.4 is 15.2 Å². The highest BCUT2D eigenvalue weighted by atomic mass is 79.9. The summed E-state index contributed by atoms with van der Waals surface area (Å²) in [6.07, 6.45) is 2.82. The van der Waals surface area contributed by atoms with Gasteiger partial charge in [-0.2, -0.15) is 0 Å². The highest BCUT2D eigenvalue weighted by Crippen LogP contribution is 2.30. The molecule has 1 aliphatic carbocycles. The molecule has 0 spiro atoms. The Morgan fingerprint density at radius 3 is 2.85 bits per heavy atom. The van der Waals surface area contributed by atoms with E-state index in [0.29, 0.717) is 16.8 Å². The van der Waals surface area contributed by atoms with E-state index in [-0.39, 0.29) is 16.9 Å². The number of benzene rings is 1. The maximum atomic E-state index is 12.5. The lowest BCUT2D eigenvalue weighted by Gasteiger charge is -2.20. The van der Waals surface area contributed by atoms with Crippen LogP contribution in [-0.2, 0) is 10.0 Å². The summed E-state index contributed by atoms with van der Waals surface area (Å²) < 4.78 is 33.4. The van der Waals surface area contributed by atoms with Crippen LogP contribution in [0, 0.1) is 5.92 Å². The van der Waals surface area contributed by atoms with E-state index >= 15 is 0 Å². The molecule has 0 aromatic heterocycles. The van der Waals surface area contributed by atoms with Gasteiger partial charge in [-0.15, -0.1) is 0 Å². The van der Waals surface area contributed by atoms with Crippen LogP contribution in [0.5, 0.6) is 5.75 Å². The van der Waals surface area contributed by atoms with Crippen LogP contribution in [0.1, 0.15) is 19.3 Å². The number of rotatable bonds is 5. The third-order valence-corrected chi connectivity index (χ3v) is 6.18. The predicted octanol–water partition coefficient (Wildman–Crippen LogP) is 1.86. The fourth-order valence-electron chi connectivity index (χ4n) is 2.55. The summed E-state index contributed by atoms with van der Waals surface area (Å²) in [7, 11) is -2.07. The predicted molar refractivity (Wildman–Crippen MR) is 81.2 cm³/mol. The van der Waals surface area contributed by atoms with Crippen molar-refractivity contribution in [1.82, 2.24) is 4.72 Å². The Bertz CT molecular complexity index is 577. The highest BCUT2D eigenvalue weighted by molar-refractivity contribution is 9.10. The average Bonchev–Trinajstić information content (AvgIpc) is 2.85. The van der Waals surface area contributed by atoms with Gasteiger partial charge < -0.3 is 10.5 Å². The van der Waals surface area contributed by atoms with E-state index in [1.54, 1.807) is 12.1 Å². The molecule has 20 heavy (non-hydrogen) atoms. The van der Waals surface area contributed by atoms with E-state index < -0.39 is 10.0 Å². The standard InChI is InChI=1S/C13H19BrN2O3S/c1-19-10-5-6-11(14)13(7-10)20(17,18)16-12-4-2-3-9(12)8-15/h5-7,9,12,16H,2-4,8,15H2,1H3/t9-,12+/m1/s1. The molecule has 0 unspecified atom stereocenters. The Hall–Kier alpha value is -0.630. The van der Waals surface area contributed by atoms with Gasteiger partial charge in [-0.05, 0) is 53.4 Å². The maximum absolute atomic E-state index is 12.5. The van der Waals surface area contributed by atoms with Crippen LogP contribution in [0.2, 0.25) is 0 Å². The molecular weight excluding hydrogens is 344 g/mol. The zero-order valence-corrected chi connectivity index (χ0v) is 13.7. The van der Waals surface area contributed by atoms with Crippen molar-refractivity contribution in [2.24, 2.45) is 11.7 Å². The van der Waals surface area contributed by atoms with Crippen molar-refractivity contribution in [1.29, 1.82) is 0 Å². The summed E-state index contributed by atoms with van der Waals surface area (Å²) in [5.74, 6) is 0.726. The summed E-state index contributed by atoms with van der Waals surface area (Å²) >= 11 is 3.28. The number of nitrogens with one attached hydrogen (secondary N) is 1. The summed E-state index contributed by atoms with van der Waals surface area (Å²) in [5, 5.41) is 0. The number of halogens is 1. The number of sulfonamides is 1. The third kappa shape index (κ3) is 3.33. The van der Waals surface area contributed by atoms with Crippen molar-refractivity contribution in [2.45, 2.75) is 30.2 Å². The van der Waals surface area contributed by atoms with Gasteiger partial charge in [-0.3, -0.25) is 0 Å². The molecule has 0 saturated heterocycles.